The van der Waals surface area contributed by atoms with Crippen molar-refractivity contribution < 1.29 is 19.1 Å². The summed E-state index contributed by atoms with van der Waals surface area (Å²) in [7, 11) is 0. The topological polar surface area (TPSA) is 55.8 Å². The number of thioether (sulfide) groups is 2. The summed E-state index contributed by atoms with van der Waals surface area (Å²) < 4.78 is 11.5. The van der Waals surface area contributed by atoms with Crippen molar-refractivity contribution in [1.29, 1.82) is 0 Å². The van der Waals surface area contributed by atoms with Gasteiger partial charge in [-0.15, -0.1) is 23.5 Å². The Balaban J connectivity index is 1.40. The van der Waals surface area contributed by atoms with E-state index >= 15 is 0 Å². The SMILES string of the molecule is CCOC(=O)[C@H]1CCN(C(=O)COc2ccc(C3SCCS3)cc2)c2ccccc21. The molecule has 0 spiro atoms. The molecule has 2 aliphatic rings. The third-order valence-electron chi connectivity index (χ3n) is 5.25. The van der Waals surface area contributed by atoms with E-state index in [1.54, 1.807) is 11.8 Å². The van der Waals surface area contributed by atoms with Crippen molar-refractivity contribution in [3.05, 3.63) is 59.7 Å². The average molecular weight is 444 g/mol. The monoisotopic (exact) mass is 443 g/mol. The van der Waals surface area contributed by atoms with Gasteiger partial charge in [0.15, 0.2) is 6.61 Å². The molecule has 1 saturated heterocycles. The maximum atomic E-state index is 12.9. The molecule has 0 saturated carbocycles. The van der Waals surface area contributed by atoms with Gasteiger partial charge in [-0.25, -0.2) is 0 Å². The van der Waals surface area contributed by atoms with Gasteiger partial charge in [-0.2, -0.15) is 0 Å². The van der Waals surface area contributed by atoms with Gasteiger partial charge in [0.1, 0.15) is 5.75 Å². The van der Waals surface area contributed by atoms with Gasteiger partial charge < -0.3 is 14.4 Å². The fraction of sp³-hybridized carbons (Fsp3) is 0.391. The van der Waals surface area contributed by atoms with Crippen molar-refractivity contribution in [3.63, 3.8) is 0 Å². The van der Waals surface area contributed by atoms with Crippen LogP contribution in [-0.2, 0) is 14.3 Å². The zero-order valence-electron chi connectivity index (χ0n) is 16.9. The Morgan fingerprint density at radius 1 is 1.07 bits per heavy atom. The molecule has 0 aliphatic carbocycles. The highest BCUT2D eigenvalue weighted by atomic mass is 32.2. The molecule has 2 heterocycles. The molecule has 0 aromatic heterocycles. The molecule has 0 radical (unpaired) electrons. The normalized spacial score (nSPS) is 18.7. The lowest BCUT2D eigenvalue weighted by molar-refractivity contribution is -0.145. The molecule has 1 atom stereocenters. The molecule has 30 heavy (non-hydrogen) atoms. The lowest BCUT2D eigenvalue weighted by Crippen LogP contribution is -2.41. The van der Waals surface area contributed by atoms with Crippen LogP contribution in [0, 0.1) is 0 Å². The van der Waals surface area contributed by atoms with E-state index in [0.717, 1.165) is 11.3 Å². The highest BCUT2D eigenvalue weighted by molar-refractivity contribution is 8.19. The second-order valence-corrected chi connectivity index (χ2v) is 9.85. The molecule has 4 rings (SSSR count). The fourth-order valence-corrected chi connectivity index (χ4v) is 6.66. The molecular formula is C23H25NO4S2. The number of ether oxygens (including phenoxy) is 2. The summed E-state index contributed by atoms with van der Waals surface area (Å²) in [5.41, 5.74) is 2.89. The second kappa shape index (κ2) is 9.79. The molecule has 0 unspecified atom stereocenters. The predicted octanol–water partition coefficient (Wildman–Crippen LogP) is 4.63. The summed E-state index contributed by atoms with van der Waals surface area (Å²) in [5.74, 6) is 2.40. The van der Waals surface area contributed by atoms with Crippen molar-refractivity contribution >= 4 is 41.1 Å². The van der Waals surface area contributed by atoms with Gasteiger partial charge in [-0.3, -0.25) is 9.59 Å². The minimum absolute atomic E-state index is 0.0370. The van der Waals surface area contributed by atoms with Crippen LogP contribution in [0.1, 0.15) is 35.0 Å². The Morgan fingerprint density at radius 2 is 1.80 bits per heavy atom. The Bertz CT molecular complexity index is 896. The number of nitrogens with zero attached hydrogens (tertiary/aromatic N) is 1. The molecule has 2 aromatic rings. The van der Waals surface area contributed by atoms with Crippen LogP contribution in [0.4, 0.5) is 5.69 Å². The van der Waals surface area contributed by atoms with Gasteiger partial charge in [-0.1, -0.05) is 30.3 Å². The van der Waals surface area contributed by atoms with Gasteiger partial charge in [0.2, 0.25) is 0 Å². The minimum Gasteiger partial charge on any atom is -0.484 e. The van der Waals surface area contributed by atoms with E-state index in [2.05, 4.69) is 12.1 Å². The van der Waals surface area contributed by atoms with E-state index in [1.165, 1.54) is 17.1 Å². The molecule has 0 N–H and O–H groups in total. The summed E-state index contributed by atoms with van der Waals surface area (Å²) in [6, 6.07) is 15.6. The second-order valence-electron chi connectivity index (χ2n) is 7.13. The number of amides is 1. The van der Waals surface area contributed by atoms with Gasteiger partial charge >= 0.3 is 5.97 Å². The summed E-state index contributed by atoms with van der Waals surface area (Å²) in [6.07, 6.45) is 0.549. The molecule has 7 heteroatoms. The number of hydrogen-bond donors (Lipinski definition) is 0. The number of esters is 1. The van der Waals surface area contributed by atoms with Crippen LogP contribution in [0.15, 0.2) is 48.5 Å². The average Bonchev–Trinajstić information content (AvgIpc) is 3.32. The van der Waals surface area contributed by atoms with Crippen LogP contribution in [0.25, 0.3) is 0 Å². The summed E-state index contributed by atoms with van der Waals surface area (Å²) in [4.78, 5) is 26.9. The lowest BCUT2D eigenvalue weighted by atomic mass is 9.90. The maximum absolute atomic E-state index is 12.9. The van der Waals surface area contributed by atoms with Gasteiger partial charge in [0, 0.05) is 23.7 Å². The number of rotatable bonds is 6. The van der Waals surface area contributed by atoms with E-state index in [-0.39, 0.29) is 24.4 Å². The van der Waals surface area contributed by atoms with Gasteiger partial charge in [0.05, 0.1) is 17.1 Å². The summed E-state index contributed by atoms with van der Waals surface area (Å²) in [6.45, 7) is 2.59. The number of benzene rings is 2. The highest BCUT2D eigenvalue weighted by Crippen LogP contribution is 2.45. The molecule has 2 aromatic carbocycles. The Morgan fingerprint density at radius 3 is 2.53 bits per heavy atom. The van der Waals surface area contributed by atoms with Gasteiger partial charge in [0.25, 0.3) is 5.91 Å². The molecule has 1 fully saturated rings. The summed E-state index contributed by atoms with van der Waals surface area (Å²) >= 11 is 3.93. The zero-order valence-corrected chi connectivity index (χ0v) is 18.5. The number of anilines is 1. The van der Waals surface area contributed by atoms with Crippen LogP contribution in [0.2, 0.25) is 0 Å². The van der Waals surface area contributed by atoms with E-state index in [9.17, 15) is 9.59 Å². The van der Waals surface area contributed by atoms with Crippen molar-refractivity contribution in [2.45, 2.75) is 23.8 Å². The largest absolute Gasteiger partial charge is 0.484 e. The number of carbonyl (C=O) groups is 2. The molecular weight excluding hydrogens is 418 g/mol. The molecule has 0 bridgehead atoms. The smallest absolute Gasteiger partial charge is 0.313 e. The van der Waals surface area contributed by atoms with E-state index in [4.69, 9.17) is 9.47 Å². The Labute approximate surface area is 185 Å². The summed E-state index contributed by atoms with van der Waals surface area (Å²) in [5, 5.41) is 0. The van der Waals surface area contributed by atoms with Crippen molar-refractivity contribution in [3.8, 4) is 5.75 Å². The van der Waals surface area contributed by atoms with Crippen molar-refractivity contribution in [1.82, 2.24) is 0 Å². The standard InChI is InChI=1S/C23H25NO4S2/c1-2-27-22(26)19-11-12-24(20-6-4-3-5-18(19)20)21(25)15-28-17-9-7-16(8-10-17)23-29-13-14-30-23/h3-10,19,23H,2,11-15H2,1H3/t19-/m0/s1. The zero-order chi connectivity index (χ0) is 20.9. The third-order valence-corrected chi connectivity index (χ3v) is 8.36. The first-order valence-electron chi connectivity index (χ1n) is 10.2. The van der Waals surface area contributed by atoms with Crippen LogP contribution in [0.3, 0.4) is 0 Å². The minimum atomic E-state index is -0.329. The van der Waals surface area contributed by atoms with Gasteiger partial charge in [-0.05, 0) is 42.7 Å². The number of fused-ring (bicyclic) bond motifs is 1. The van der Waals surface area contributed by atoms with Crippen molar-refractivity contribution in [2.24, 2.45) is 0 Å². The fourth-order valence-electron chi connectivity index (χ4n) is 3.80. The van der Waals surface area contributed by atoms with Crippen molar-refractivity contribution in [2.75, 3.05) is 36.2 Å². The maximum Gasteiger partial charge on any atom is 0.313 e. The third kappa shape index (κ3) is 4.62. The first-order valence-corrected chi connectivity index (χ1v) is 12.3. The van der Waals surface area contributed by atoms with E-state index in [1.807, 2.05) is 59.9 Å². The molecule has 158 valence electrons. The first kappa shape index (κ1) is 21.1. The number of hydrogen-bond acceptors (Lipinski definition) is 6. The number of carbonyl (C=O) groups excluding carboxylic acids is 2. The molecule has 1 amide bonds. The molecule has 2 aliphatic heterocycles. The number of para-hydroxylation sites is 1. The van der Waals surface area contributed by atoms with E-state index in [0.29, 0.717) is 29.9 Å². The Kier molecular flexibility index (Phi) is 6.89. The lowest BCUT2D eigenvalue weighted by Gasteiger charge is -2.33. The van der Waals surface area contributed by atoms with Crippen LogP contribution in [-0.4, -0.2) is 43.1 Å². The van der Waals surface area contributed by atoms with Crippen LogP contribution < -0.4 is 9.64 Å². The van der Waals surface area contributed by atoms with Crippen LogP contribution in [0.5, 0.6) is 5.75 Å². The quantitative estimate of drug-likeness (QED) is 0.607. The highest BCUT2D eigenvalue weighted by Gasteiger charge is 2.33. The predicted molar refractivity (Wildman–Crippen MR) is 122 cm³/mol. The molecule has 5 nitrogen and oxygen atoms in total. The first-order chi connectivity index (χ1) is 14.7. The van der Waals surface area contributed by atoms with Crippen LogP contribution >= 0.6 is 23.5 Å². The van der Waals surface area contributed by atoms with E-state index < -0.39 is 0 Å². The Hall–Kier alpha value is -2.12.